The quantitative estimate of drug-likeness (QED) is 0.718. The van der Waals surface area contributed by atoms with Crippen LogP contribution < -0.4 is 5.32 Å². The molecule has 0 aliphatic carbocycles. The maximum atomic E-state index is 11.6. The fourth-order valence-corrected chi connectivity index (χ4v) is 2.63. The van der Waals surface area contributed by atoms with Gasteiger partial charge in [-0.05, 0) is 32.6 Å². The first-order chi connectivity index (χ1) is 7.76. The molecule has 92 valence electrons. The van der Waals surface area contributed by atoms with Gasteiger partial charge >= 0.3 is 5.97 Å². The van der Waals surface area contributed by atoms with Crippen molar-refractivity contribution in [3.63, 3.8) is 0 Å². The van der Waals surface area contributed by atoms with E-state index in [9.17, 15) is 4.79 Å². The molecule has 4 heteroatoms. The minimum absolute atomic E-state index is 0.0445. The highest BCUT2D eigenvalue weighted by Gasteiger charge is 2.38. The molecule has 0 amide bonds. The van der Waals surface area contributed by atoms with Crippen molar-refractivity contribution in [2.75, 3.05) is 26.4 Å². The predicted octanol–water partition coefficient (Wildman–Crippen LogP) is 1.10. The number of hydrogen-bond donors (Lipinski definition) is 1. The van der Waals surface area contributed by atoms with E-state index in [0.29, 0.717) is 6.61 Å². The average molecular weight is 227 g/mol. The largest absolute Gasteiger partial charge is 0.466 e. The normalized spacial score (nSPS) is 28.9. The zero-order valence-corrected chi connectivity index (χ0v) is 9.96. The van der Waals surface area contributed by atoms with E-state index >= 15 is 0 Å². The molecule has 1 atom stereocenters. The summed E-state index contributed by atoms with van der Waals surface area (Å²) in [5.74, 6) is 0.00493. The van der Waals surface area contributed by atoms with E-state index < -0.39 is 0 Å². The van der Waals surface area contributed by atoms with Gasteiger partial charge in [-0.25, -0.2) is 0 Å². The Kier molecular flexibility index (Phi) is 3.82. The van der Waals surface area contributed by atoms with Gasteiger partial charge in [-0.2, -0.15) is 0 Å². The third-order valence-corrected chi connectivity index (χ3v) is 3.76. The standard InChI is InChI=1S/C12H21NO3/c1-2-16-11(14)10-3-4-12(13-9-10)5-7-15-8-6-12/h10,13H,2-9H2,1H3. The summed E-state index contributed by atoms with van der Waals surface area (Å²) < 4.78 is 10.4. The van der Waals surface area contributed by atoms with E-state index in [1.54, 1.807) is 0 Å². The summed E-state index contributed by atoms with van der Waals surface area (Å²) in [6, 6.07) is 0. The smallest absolute Gasteiger partial charge is 0.310 e. The summed E-state index contributed by atoms with van der Waals surface area (Å²) in [7, 11) is 0. The number of nitrogens with one attached hydrogen (secondary N) is 1. The fourth-order valence-electron chi connectivity index (χ4n) is 2.63. The Bertz CT molecular complexity index is 239. The first kappa shape index (κ1) is 11.9. The number of carbonyl (C=O) groups is 1. The van der Waals surface area contributed by atoms with Gasteiger partial charge in [-0.1, -0.05) is 0 Å². The van der Waals surface area contributed by atoms with Crippen LogP contribution in [0.15, 0.2) is 0 Å². The number of carbonyl (C=O) groups excluding carboxylic acids is 1. The van der Waals surface area contributed by atoms with Crippen LogP contribution >= 0.6 is 0 Å². The SMILES string of the molecule is CCOC(=O)C1CCC2(CCOCC2)NC1. The molecule has 2 saturated heterocycles. The van der Waals surface area contributed by atoms with E-state index in [2.05, 4.69) is 5.32 Å². The lowest BCUT2D eigenvalue weighted by atomic mass is 9.79. The van der Waals surface area contributed by atoms with Gasteiger partial charge in [0.25, 0.3) is 0 Å². The van der Waals surface area contributed by atoms with Gasteiger partial charge in [-0.15, -0.1) is 0 Å². The molecule has 0 aromatic heterocycles. The third-order valence-electron chi connectivity index (χ3n) is 3.76. The predicted molar refractivity (Wildman–Crippen MR) is 60.1 cm³/mol. The van der Waals surface area contributed by atoms with Crippen molar-refractivity contribution in [2.45, 2.75) is 38.1 Å². The first-order valence-corrected chi connectivity index (χ1v) is 6.25. The van der Waals surface area contributed by atoms with E-state index in [4.69, 9.17) is 9.47 Å². The topological polar surface area (TPSA) is 47.6 Å². The second-order valence-corrected chi connectivity index (χ2v) is 4.76. The van der Waals surface area contributed by atoms with Crippen LogP contribution in [0.5, 0.6) is 0 Å². The first-order valence-electron chi connectivity index (χ1n) is 6.25. The highest BCUT2D eigenvalue weighted by atomic mass is 16.5. The summed E-state index contributed by atoms with van der Waals surface area (Å²) in [5.41, 5.74) is 0.237. The molecule has 4 nitrogen and oxygen atoms in total. The molecule has 2 aliphatic rings. The van der Waals surface area contributed by atoms with Gasteiger partial charge in [0.15, 0.2) is 0 Å². The molecule has 1 N–H and O–H groups in total. The molecule has 2 heterocycles. The van der Waals surface area contributed by atoms with Crippen LogP contribution in [-0.2, 0) is 14.3 Å². The second kappa shape index (κ2) is 5.15. The molecule has 16 heavy (non-hydrogen) atoms. The molecule has 0 saturated carbocycles. The Labute approximate surface area is 96.7 Å². The number of ether oxygens (including phenoxy) is 2. The Hall–Kier alpha value is -0.610. The molecular formula is C12H21NO3. The van der Waals surface area contributed by atoms with E-state index in [1.807, 2.05) is 6.92 Å². The number of piperidine rings is 1. The monoisotopic (exact) mass is 227 g/mol. The molecule has 2 fully saturated rings. The molecule has 2 aliphatic heterocycles. The van der Waals surface area contributed by atoms with Gasteiger partial charge in [-0.3, -0.25) is 4.79 Å². The van der Waals surface area contributed by atoms with Crippen LogP contribution in [0, 0.1) is 5.92 Å². The summed E-state index contributed by atoms with van der Waals surface area (Å²) in [6.07, 6.45) is 4.16. The number of rotatable bonds is 2. The molecule has 1 unspecified atom stereocenters. The number of hydrogen-bond acceptors (Lipinski definition) is 4. The van der Waals surface area contributed by atoms with Crippen LogP contribution in [0.2, 0.25) is 0 Å². The van der Waals surface area contributed by atoms with Gasteiger partial charge in [0, 0.05) is 25.3 Å². The fraction of sp³-hybridized carbons (Fsp3) is 0.917. The van der Waals surface area contributed by atoms with Crippen molar-refractivity contribution in [3.8, 4) is 0 Å². The van der Waals surface area contributed by atoms with Crippen LogP contribution in [0.1, 0.15) is 32.6 Å². The van der Waals surface area contributed by atoms with Crippen molar-refractivity contribution < 1.29 is 14.3 Å². The van der Waals surface area contributed by atoms with Crippen LogP contribution in [0.3, 0.4) is 0 Å². The summed E-state index contributed by atoms with van der Waals surface area (Å²) in [6.45, 7) is 4.79. The van der Waals surface area contributed by atoms with Crippen molar-refractivity contribution in [1.82, 2.24) is 5.32 Å². The Morgan fingerprint density at radius 3 is 2.75 bits per heavy atom. The highest BCUT2D eigenvalue weighted by molar-refractivity contribution is 5.72. The summed E-state index contributed by atoms with van der Waals surface area (Å²) in [4.78, 5) is 11.6. The Morgan fingerprint density at radius 2 is 2.19 bits per heavy atom. The highest BCUT2D eigenvalue weighted by Crippen LogP contribution is 2.31. The molecule has 2 rings (SSSR count). The summed E-state index contributed by atoms with van der Waals surface area (Å²) in [5, 5.41) is 3.54. The Morgan fingerprint density at radius 1 is 1.44 bits per heavy atom. The zero-order chi connectivity index (χ0) is 11.4. The number of esters is 1. The molecule has 0 aromatic rings. The lowest BCUT2D eigenvalue weighted by Crippen LogP contribution is -2.55. The van der Waals surface area contributed by atoms with Crippen molar-refractivity contribution >= 4 is 5.97 Å². The minimum Gasteiger partial charge on any atom is -0.466 e. The average Bonchev–Trinajstić information content (AvgIpc) is 2.31. The van der Waals surface area contributed by atoms with Crippen LogP contribution in [0.25, 0.3) is 0 Å². The minimum atomic E-state index is -0.0445. The molecular weight excluding hydrogens is 206 g/mol. The van der Waals surface area contributed by atoms with Crippen molar-refractivity contribution in [3.05, 3.63) is 0 Å². The lowest BCUT2D eigenvalue weighted by molar-refractivity contribution is -0.149. The molecule has 1 spiro atoms. The van der Waals surface area contributed by atoms with Crippen LogP contribution in [0.4, 0.5) is 0 Å². The third kappa shape index (κ3) is 2.55. The Balaban J connectivity index is 1.83. The van der Waals surface area contributed by atoms with Crippen LogP contribution in [-0.4, -0.2) is 37.9 Å². The maximum absolute atomic E-state index is 11.6. The molecule has 0 radical (unpaired) electrons. The van der Waals surface area contributed by atoms with E-state index in [1.165, 1.54) is 0 Å². The van der Waals surface area contributed by atoms with E-state index in [0.717, 1.165) is 45.4 Å². The molecule has 0 bridgehead atoms. The van der Waals surface area contributed by atoms with Gasteiger partial charge in [0.2, 0.25) is 0 Å². The summed E-state index contributed by atoms with van der Waals surface area (Å²) >= 11 is 0. The van der Waals surface area contributed by atoms with Gasteiger partial charge in [0.05, 0.1) is 12.5 Å². The van der Waals surface area contributed by atoms with Gasteiger partial charge in [0.1, 0.15) is 0 Å². The zero-order valence-electron chi connectivity index (χ0n) is 9.96. The van der Waals surface area contributed by atoms with Crippen molar-refractivity contribution in [2.24, 2.45) is 5.92 Å². The van der Waals surface area contributed by atoms with Crippen molar-refractivity contribution in [1.29, 1.82) is 0 Å². The molecule has 0 aromatic carbocycles. The van der Waals surface area contributed by atoms with E-state index in [-0.39, 0.29) is 17.4 Å². The van der Waals surface area contributed by atoms with Gasteiger partial charge < -0.3 is 14.8 Å². The second-order valence-electron chi connectivity index (χ2n) is 4.76. The lowest BCUT2D eigenvalue weighted by Gasteiger charge is -2.43. The maximum Gasteiger partial charge on any atom is 0.310 e.